The lowest BCUT2D eigenvalue weighted by atomic mass is 10.2. The molecule has 0 bridgehead atoms. The van der Waals surface area contributed by atoms with Crippen LogP contribution in [0.15, 0.2) is 23.1 Å². The number of benzene rings is 1. The minimum atomic E-state index is -3.94. The maximum atomic E-state index is 13.7. The van der Waals surface area contributed by atoms with Crippen LogP contribution in [0.5, 0.6) is 0 Å². The molecule has 7 heteroatoms. The molecule has 4 nitrogen and oxygen atoms in total. The van der Waals surface area contributed by atoms with E-state index in [0.717, 1.165) is 10.4 Å². The summed E-state index contributed by atoms with van der Waals surface area (Å²) in [5.41, 5.74) is 0. The number of hydrogen-bond donors (Lipinski definition) is 0. The Morgan fingerprint density at radius 1 is 1.47 bits per heavy atom. The van der Waals surface area contributed by atoms with Crippen LogP contribution >= 0.6 is 11.6 Å². The number of methoxy groups -OCH3 is 1. The topological polar surface area (TPSA) is 46.6 Å². The molecule has 0 radical (unpaired) electrons. The van der Waals surface area contributed by atoms with Gasteiger partial charge in [-0.2, -0.15) is 0 Å². The van der Waals surface area contributed by atoms with Gasteiger partial charge in [0.05, 0.1) is 5.02 Å². The Labute approximate surface area is 118 Å². The van der Waals surface area contributed by atoms with E-state index in [1.807, 2.05) is 6.92 Å². The highest BCUT2D eigenvalue weighted by Gasteiger charge is 2.28. The van der Waals surface area contributed by atoms with Crippen LogP contribution in [0.4, 0.5) is 4.39 Å². The first-order chi connectivity index (χ1) is 8.80. The third kappa shape index (κ3) is 3.89. The fraction of sp³-hybridized carbons (Fsp3) is 0.500. The highest BCUT2D eigenvalue weighted by atomic mass is 35.5. The quantitative estimate of drug-likeness (QED) is 0.810. The van der Waals surface area contributed by atoms with Gasteiger partial charge in [0.1, 0.15) is 10.7 Å². The second-order valence-electron chi connectivity index (χ2n) is 4.40. The summed E-state index contributed by atoms with van der Waals surface area (Å²) in [6.45, 7) is 2.49. The van der Waals surface area contributed by atoms with Crippen LogP contribution in [0.2, 0.25) is 5.02 Å². The van der Waals surface area contributed by atoms with Crippen molar-refractivity contribution >= 4 is 21.6 Å². The third-order valence-corrected chi connectivity index (χ3v) is 4.93. The number of nitrogens with zero attached hydrogens (tertiary/aromatic N) is 1. The molecule has 0 fully saturated rings. The lowest BCUT2D eigenvalue weighted by molar-refractivity contribution is 0.151. The number of sulfonamides is 1. The molecule has 0 N–H and O–H groups in total. The normalized spacial score (nSPS) is 13.8. The standard InChI is InChI=1S/C12H17ClFNO3S/c1-9(8-18-3)7-15(2)19(16,17)12-10(13)5-4-6-11(12)14/h4-6,9H,7-8H2,1-3H3. The Hall–Kier alpha value is -0.690. The zero-order chi connectivity index (χ0) is 14.6. The van der Waals surface area contributed by atoms with Crippen molar-refractivity contribution in [1.29, 1.82) is 0 Å². The smallest absolute Gasteiger partial charge is 0.247 e. The van der Waals surface area contributed by atoms with Crippen LogP contribution in [0.3, 0.4) is 0 Å². The van der Waals surface area contributed by atoms with Crippen molar-refractivity contribution in [2.75, 3.05) is 27.3 Å². The van der Waals surface area contributed by atoms with Crippen LogP contribution in [0.25, 0.3) is 0 Å². The van der Waals surface area contributed by atoms with Gasteiger partial charge in [0.15, 0.2) is 0 Å². The summed E-state index contributed by atoms with van der Waals surface area (Å²) in [4.78, 5) is -0.483. The SMILES string of the molecule is COCC(C)CN(C)S(=O)(=O)c1c(F)cccc1Cl. The fourth-order valence-electron chi connectivity index (χ4n) is 1.76. The Morgan fingerprint density at radius 3 is 2.63 bits per heavy atom. The van der Waals surface area contributed by atoms with Gasteiger partial charge >= 0.3 is 0 Å². The van der Waals surface area contributed by atoms with E-state index >= 15 is 0 Å². The number of hydrogen-bond acceptors (Lipinski definition) is 3. The number of halogens is 2. The van der Waals surface area contributed by atoms with E-state index in [9.17, 15) is 12.8 Å². The van der Waals surface area contributed by atoms with E-state index < -0.39 is 20.7 Å². The molecule has 0 spiro atoms. The fourth-order valence-corrected chi connectivity index (χ4v) is 3.61. The van der Waals surface area contributed by atoms with Crippen molar-refractivity contribution in [2.24, 2.45) is 5.92 Å². The third-order valence-electron chi connectivity index (χ3n) is 2.61. The van der Waals surface area contributed by atoms with Crippen LogP contribution in [-0.4, -0.2) is 40.0 Å². The highest BCUT2D eigenvalue weighted by molar-refractivity contribution is 7.89. The molecule has 0 saturated heterocycles. The average Bonchev–Trinajstić information content (AvgIpc) is 2.28. The lowest BCUT2D eigenvalue weighted by Gasteiger charge is -2.21. The Morgan fingerprint density at radius 2 is 2.11 bits per heavy atom. The van der Waals surface area contributed by atoms with E-state index in [2.05, 4.69) is 0 Å². The summed E-state index contributed by atoms with van der Waals surface area (Å²) < 4.78 is 44.3. The van der Waals surface area contributed by atoms with Crippen LogP contribution in [-0.2, 0) is 14.8 Å². The van der Waals surface area contributed by atoms with E-state index in [0.29, 0.717) is 6.61 Å². The van der Waals surface area contributed by atoms with E-state index in [-0.39, 0.29) is 17.5 Å². The van der Waals surface area contributed by atoms with Crippen molar-refractivity contribution in [3.63, 3.8) is 0 Å². The first-order valence-electron chi connectivity index (χ1n) is 5.70. The molecular weight excluding hydrogens is 293 g/mol. The van der Waals surface area contributed by atoms with Crippen molar-refractivity contribution in [3.8, 4) is 0 Å². The van der Waals surface area contributed by atoms with Crippen molar-refractivity contribution in [2.45, 2.75) is 11.8 Å². The Bertz CT molecular complexity index is 516. The van der Waals surface area contributed by atoms with E-state index in [4.69, 9.17) is 16.3 Å². The lowest BCUT2D eigenvalue weighted by Crippen LogP contribution is -2.33. The summed E-state index contributed by atoms with van der Waals surface area (Å²) in [6, 6.07) is 3.79. The predicted octanol–water partition coefficient (Wildman–Crippen LogP) is 2.38. The maximum Gasteiger partial charge on any atom is 0.247 e. The molecule has 0 saturated carbocycles. The second kappa shape index (κ2) is 6.65. The highest BCUT2D eigenvalue weighted by Crippen LogP contribution is 2.27. The number of rotatable bonds is 6. The Balaban J connectivity index is 3.04. The van der Waals surface area contributed by atoms with Gasteiger partial charge in [0.2, 0.25) is 10.0 Å². The summed E-state index contributed by atoms with van der Waals surface area (Å²) >= 11 is 5.79. The first-order valence-corrected chi connectivity index (χ1v) is 7.51. The first kappa shape index (κ1) is 16.4. The summed E-state index contributed by atoms with van der Waals surface area (Å²) in [5.74, 6) is -0.853. The molecule has 0 heterocycles. The molecule has 1 aromatic carbocycles. The van der Waals surface area contributed by atoms with Gasteiger partial charge in [-0.15, -0.1) is 0 Å². The molecular formula is C12H17ClFNO3S. The van der Waals surface area contributed by atoms with Gasteiger partial charge in [-0.3, -0.25) is 0 Å². The summed E-state index contributed by atoms with van der Waals surface area (Å²) in [7, 11) is -1.01. The number of ether oxygens (including phenoxy) is 1. The monoisotopic (exact) mass is 309 g/mol. The average molecular weight is 310 g/mol. The molecule has 1 unspecified atom stereocenters. The van der Waals surface area contributed by atoms with E-state index in [1.165, 1.54) is 19.2 Å². The van der Waals surface area contributed by atoms with Gasteiger partial charge < -0.3 is 4.74 Å². The van der Waals surface area contributed by atoms with E-state index in [1.54, 1.807) is 7.11 Å². The van der Waals surface area contributed by atoms with Crippen LogP contribution in [0, 0.1) is 11.7 Å². The minimum absolute atomic E-state index is 0.00433. The predicted molar refractivity (Wildman–Crippen MR) is 72.3 cm³/mol. The molecule has 0 amide bonds. The van der Waals surface area contributed by atoms with Crippen LogP contribution in [0.1, 0.15) is 6.92 Å². The molecule has 0 aliphatic carbocycles. The summed E-state index contributed by atoms with van der Waals surface area (Å²) in [6.07, 6.45) is 0. The Kier molecular flexibility index (Phi) is 5.73. The molecule has 19 heavy (non-hydrogen) atoms. The zero-order valence-electron chi connectivity index (χ0n) is 11.1. The van der Waals surface area contributed by atoms with Gasteiger partial charge in [0.25, 0.3) is 0 Å². The maximum absolute atomic E-state index is 13.7. The van der Waals surface area contributed by atoms with Gasteiger partial charge in [-0.1, -0.05) is 24.6 Å². The molecule has 0 aliphatic rings. The van der Waals surface area contributed by atoms with Crippen molar-refractivity contribution in [1.82, 2.24) is 4.31 Å². The van der Waals surface area contributed by atoms with Gasteiger partial charge in [-0.25, -0.2) is 17.1 Å². The molecule has 1 aromatic rings. The van der Waals surface area contributed by atoms with Gasteiger partial charge in [0, 0.05) is 27.3 Å². The largest absolute Gasteiger partial charge is 0.384 e. The molecule has 0 aromatic heterocycles. The van der Waals surface area contributed by atoms with Crippen LogP contribution < -0.4 is 0 Å². The summed E-state index contributed by atoms with van der Waals surface area (Å²) in [5, 5.41) is -0.119. The molecule has 108 valence electrons. The molecule has 1 rings (SSSR count). The van der Waals surface area contributed by atoms with Gasteiger partial charge in [-0.05, 0) is 18.1 Å². The molecule has 1 atom stereocenters. The van der Waals surface area contributed by atoms with Crippen molar-refractivity contribution < 1.29 is 17.5 Å². The van der Waals surface area contributed by atoms with Crippen molar-refractivity contribution in [3.05, 3.63) is 29.0 Å². The molecule has 0 aliphatic heterocycles. The second-order valence-corrected chi connectivity index (χ2v) is 6.79. The zero-order valence-corrected chi connectivity index (χ0v) is 12.6. The minimum Gasteiger partial charge on any atom is -0.384 e.